The van der Waals surface area contributed by atoms with Crippen molar-refractivity contribution in [2.75, 3.05) is 0 Å². The molecule has 0 N–H and O–H groups in total. The van der Waals surface area contributed by atoms with Gasteiger partial charge in [0.15, 0.2) is 5.82 Å². The number of terminal acetylenes is 2. The van der Waals surface area contributed by atoms with Crippen molar-refractivity contribution < 1.29 is 4.39 Å². The molecule has 76 valence electrons. The first-order chi connectivity index (χ1) is 7.74. The maximum atomic E-state index is 12.7. The average molecular weight is 210 g/mol. The van der Waals surface area contributed by atoms with Gasteiger partial charge in [-0.15, -0.1) is 6.42 Å². The summed E-state index contributed by atoms with van der Waals surface area (Å²) in [5, 5.41) is 0. The molecule has 0 atom stereocenters. The van der Waals surface area contributed by atoms with Crippen LogP contribution in [0.4, 0.5) is 4.39 Å². The van der Waals surface area contributed by atoms with Crippen molar-refractivity contribution in [3.05, 3.63) is 42.1 Å². The Morgan fingerprint density at radius 1 is 1.19 bits per heavy atom. The number of nitrogens with zero attached hydrogens (tertiary/aromatic N) is 2. The van der Waals surface area contributed by atoms with Crippen molar-refractivity contribution in [1.82, 2.24) is 9.55 Å². The van der Waals surface area contributed by atoms with Crippen molar-refractivity contribution in [1.29, 1.82) is 0 Å². The van der Waals surface area contributed by atoms with Crippen molar-refractivity contribution in [3.63, 3.8) is 0 Å². The summed E-state index contributed by atoms with van der Waals surface area (Å²) in [5.41, 5.74) is 1.40. The van der Waals surface area contributed by atoms with Gasteiger partial charge in [-0.2, -0.15) is 0 Å². The minimum Gasteiger partial charge on any atom is -0.251 e. The number of aromatic nitrogens is 2. The quantitative estimate of drug-likeness (QED) is 0.659. The highest BCUT2D eigenvalue weighted by Gasteiger charge is 2.06. The van der Waals surface area contributed by atoms with Crippen LogP contribution < -0.4 is 0 Å². The van der Waals surface area contributed by atoms with E-state index in [2.05, 4.69) is 16.9 Å². The van der Waals surface area contributed by atoms with Crippen LogP contribution in [0.5, 0.6) is 0 Å². The minimum absolute atomic E-state index is 0.294. The van der Waals surface area contributed by atoms with Gasteiger partial charge in [-0.3, -0.25) is 4.57 Å². The van der Waals surface area contributed by atoms with Gasteiger partial charge in [-0.05, 0) is 30.2 Å². The number of benzene rings is 1. The Balaban J connectivity index is 2.50. The van der Waals surface area contributed by atoms with Crippen LogP contribution >= 0.6 is 0 Å². The van der Waals surface area contributed by atoms with Gasteiger partial charge in [0.1, 0.15) is 5.82 Å². The lowest BCUT2D eigenvalue weighted by Gasteiger charge is -1.94. The molecule has 0 aliphatic rings. The molecule has 0 spiro atoms. The summed E-state index contributed by atoms with van der Waals surface area (Å²) >= 11 is 0. The molecule has 0 amide bonds. The largest absolute Gasteiger partial charge is 0.251 e. The van der Waals surface area contributed by atoms with E-state index in [0.717, 1.165) is 5.56 Å². The zero-order valence-corrected chi connectivity index (χ0v) is 8.31. The Morgan fingerprint density at radius 3 is 2.38 bits per heavy atom. The summed E-state index contributed by atoms with van der Waals surface area (Å²) in [6.45, 7) is 0. The monoisotopic (exact) mass is 210 g/mol. The molecular formula is C13H7FN2. The lowest BCUT2D eigenvalue weighted by Crippen LogP contribution is -1.89. The second-order valence-electron chi connectivity index (χ2n) is 3.10. The fourth-order valence-corrected chi connectivity index (χ4v) is 1.34. The molecule has 0 aliphatic heterocycles. The van der Waals surface area contributed by atoms with E-state index in [4.69, 9.17) is 12.8 Å². The summed E-state index contributed by atoms with van der Waals surface area (Å²) in [6.07, 6.45) is 12.2. The Morgan fingerprint density at radius 2 is 1.88 bits per heavy atom. The Kier molecular flexibility index (Phi) is 2.45. The smallest absolute Gasteiger partial charge is 0.197 e. The van der Waals surface area contributed by atoms with E-state index in [0.29, 0.717) is 11.5 Å². The fraction of sp³-hybridized carbons (Fsp3) is 0. The molecule has 1 heterocycles. The number of rotatable bonds is 1. The third-order valence-corrected chi connectivity index (χ3v) is 2.11. The number of imidazole rings is 1. The number of hydrogen-bond donors (Lipinski definition) is 0. The van der Waals surface area contributed by atoms with Crippen LogP contribution in [0.15, 0.2) is 30.5 Å². The standard InChI is InChI=1S/C13H7FN2/c1-3-13-15-12(9-16(13)4-2)10-5-7-11(14)8-6-10/h1-2,5-9H. The van der Waals surface area contributed by atoms with Crippen LogP contribution in [-0.2, 0) is 0 Å². The summed E-state index contributed by atoms with van der Waals surface area (Å²) in [4.78, 5) is 4.16. The summed E-state index contributed by atoms with van der Waals surface area (Å²) in [7, 11) is 0. The maximum absolute atomic E-state index is 12.7. The molecule has 0 radical (unpaired) electrons. The highest BCUT2D eigenvalue weighted by atomic mass is 19.1. The molecule has 2 aromatic rings. The first-order valence-electron chi connectivity index (χ1n) is 4.53. The summed E-state index contributed by atoms with van der Waals surface area (Å²) < 4.78 is 14.1. The summed E-state index contributed by atoms with van der Waals surface area (Å²) in [5.74, 6) is 2.45. The van der Waals surface area contributed by atoms with Crippen LogP contribution in [0.2, 0.25) is 0 Å². The Hall–Kier alpha value is -2.52. The van der Waals surface area contributed by atoms with Gasteiger partial charge < -0.3 is 0 Å². The van der Waals surface area contributed by atoms with Crippen LogP contribution in [0.25, 0.3) is 11.3 Å². The highest BCUT2D eigenvalue weighted by molar-refractivity contribution is 5.59. The first kappa shape index (κ1) is 10.0. The zero-order valence-electron chi connectivity index (χ0n) is 8.31. The third kappa shape index (κ3) is 1.67. The van der Waals surface area contributed by atoms with Gasteiger partial charge in [-0.1, -0.05) is 6.42 Å². The lowest BCUT2D eigenvalue weighted by molar-refractivity contribution is 0.628. The molecule has 0 saturated carbocycles. The molecule has 0 saturated heterocycles. The maximum Gasteiger partial charge on any atom is 0.197 e. The Bertz CT molecular complexity index is 563. The second kappa shape index (κ2) is 3.92. The van der Waals surface area contributed by atoms with E-state index in [1.54, 1.807) is 18.3 Å². The normalized spacial score (nSPS) is 9.44. The number of hydrogen-bond acceptors (Lipinski definition) is 1. The van der Waals surface area contributed by atoms with Crippen LogP contribution in [0.3, 0.4) is 0 Å². The van der Waals surface area contributed by atoms with Gasteiger partial charge in [0.05, 0.1) is 5.69 Å². The fourth-order valence-electron chi connectivity index (χ4n) is 1.34. The first-order valence-corrected chi connectivity index (χ1v) is 4.53. The molecule has 1 aromatic heterocycles. The third-order valence-electron chi connectivity index (χ3n) is 2.11. The predicted molar refractivity (Wildman–Crippen MR) is 59.8 cm³/mol. The summed E-state index contributed by atoms with van der Waals surface area (Å²) in [6, 6.07) is 8.36. The highest BCUT2D eigenvalue weighted by Crippen LogP contribution is 2.18. The molecule has 0 bridgehead atoms. The van der Waals surface area contributed by atoms with Gasteiger partial charge in [0.25, 0.3) is 0 Å². The molecule has 2 rings (SSSR count). The molecule has 0 fully saturated rings. The van der Waals surface area contributed by atoms with Crippen molar-refractivity contribution in [3.8, 4) is 36.1 Å². The molecule has 3 heteroatoms. The van der Waals surface area contributed by atoms with E-state index < -0.39 is 0 Å². The van der Waals surface area contributed by atoms with Gasteiger partial charge >= 0.3 is 0 Å². The van der Waals surface area contributed by atoms with Crippen molar-refractivity contribution in [2.45, 2.75) is 0 Å². The second-order valence-corrected chi connectivity index (χ2v) is 3.10. The molecular weight excluding hydrogens is 203 g/mol. The van der Waals surface area contributed by atoms with Crippen LogP contribution in [-0.4, -0.2) is 9.55 Å². The van der Waals surface area contributed by atoms with E-state index in [-0.39, 0.29) is 5.82 Å². The van der Waals surface area contributed by atoms with Gasteiger partial charge in [0.2, 0.25) is 0 Å². The van der Waals surface area contributed by atoms with Gasteiger partial charge in [-0.25, -0.2) is 9.37 Å². The topological polar surface area (TPSA) is 17.8 Å². The van der Waals surface area contributed by atoms with E-state index in [1.807, 2.05) is 0 Å². The van der Waals surface area contributed by atoms with E-state index in [9.17, 15) is 4.39 Å². The molecule has 1 aromatic carbocycles. The lowest BCUT2D eigenvalue weighted by atomic mass is 10.2. The van der Waals surface area contributed by atoms with Crippen molar-refractivity contribution >= 4 is 0 Å². The molecule has 0 unspecified atom stereocenters. The average Bonchev–Trinajstić information content (AvgIpc) is 2.73. The molecule has 0 aliphatic carbocycles. The predicted octanol–water partition coefficient (Wildman–Crippen LogP) is 2.11. The zero-order chi connectivity index (χ0) is 11.5. The molecule has 2 nitrogen and oxygen atoms in total. The van der Waals surface area contributed by atoms with E-state index in [1.165, 1.54) is 16.7 Å². The number of halogens is 1. The van der Waals surface area contributed by atoms with Gasteiger partial charge in [0, 0.05) is 17.8 Å². The van der Waals surface area contributed by atoms with Crippen LogP contribution in [0, 0.1) is 30.6 Å². The van der Waals surface area contributed by atoms with E-state index >= 15 is 0 Å². The SMILES string of the molecule is C#Cc1nc(-c2ccc(F)cc2)cn1C#C. The molecule has 16 heavy (non-hydrogen) atoms. The minimum atomic E-state index is -0.294. The Labute approximate surface area is 92.8 Å². The van der Waals surface area contributed by atoms with Crippen molar-refractivity contribution in [2.24, 2.45) is 0 Å². The van der Waals surface area contributed by atoms with Crippen LogP contribution in [0.1, 0.15) is 5.82 Å².